The van der Waals surface area contributed by atoms with E-state index >= 15 is 0 Å². The van der Waals surface area contributed by atoms with Crippen molar-refractivity contribution in [2.45, 2.75) is 45.3 Å². The summed E-state index contributed by atoms with van der Waals surface area (Å²) in [4.78, 5) is 33.0. The third kappa shape index (κ3) is 10.1. The van der Waals surface area contributed by atoms with E-state index < -0.39 is 18.1 Å². The topological polar surface area (TPSA) is 128 Å². The largest absolute Gasteiger partial charge is 0.479 e. The van der Waals surface area contributed by atoms with Crippen molar-refractivity contribution in [3.63, 3.8) is 0 Å². The molecular weight excluding hydrogens is 266 g/mol. The monoisotopic (exact) mass is 289 g/mol. The lowest BCUT2D eigenvalue weighted by Crippen LogP contribution is -2.43. The highest BCUT2D eigenvalue weighted by molar-refractivity contribution is 5.78. The third-order valence-electron chi connectivity index (χ3n) is 2.14. The average molecular weight is 289 g/mol. The van der Waals surface area contributed by atoms with Crippen molar-refractivity contribution in [3.8, 4) is 0 Å². The number of rotatable bonds is 7. The van der Waals surface area contributed by atoms with E-state index in [0.29, 0.717) is 0 Å². The smallest absolute Gasteiger partial charge is 0.332 e. The highest BCUT2D eigenvalue weighted by Gasteiger charge is 2.14. The van der Waals surface area contributed by atoms with Crippen LogP contribution in [0.25, 0.3) is 0 Å². The van der Waals surface area contributed by atoms with Crippen LogP contribution in [0.2, 0.25) is 0 Å². The molecule has 0 rings (SSSR count). The van der Waals surface area contributed by atoms with E-state index in [0.717, 1.165) is 0 Å². The first kappa shape index (κ1) is 18.2. The van der Waals surface area contributed by atoms with Crippen molar-refractivity contribution in [3.05, 3.63) is 0 Å². The van der Waals surface area contributed by atoms with Gasteiger partial charge in [-0.2, -0.15) is 0 Å². The number of carbonyl (C=O) groups excluding carboxylic acids is 2. The van der Waals surface area contributed by atoms with Gasteiger partial charge in [0.05, 0.1) is 0 Å². The summed E-state index contributed by atoms with van der Waals surface area (Å²) in [7, 11) is 0. The van der Waals surface area contributed by atoms with Crippen LogP contribution >= 0.6 is 0 Å². The Balaban J connectivity index is 3.69. The SMILES string of the molecule is CC(C)(C)NC(=O)CCNC(=O)NCC[C@H](O)C(=O)O. The molecule has 0 aromatic rings. The van der Waals surface area contributed by atoms with Gasteiger partial charge in [0.1, 0.15) is 0 Å². The molecule has 8 nitrogen and oxygen atoms in total. The number of carboxylic acids is 1. The standard InChI is InChI=1S/C12H23N3O5/c1-12(2,3)15-9(17)5-7-14-11(20)13-6-4-8(16)10(18)19/h8,16H,4-7H2,1-3H3,(H,15,17)(H,18,19)(H2,13,14,20)/t8-/m0/s1. The van der Waals surface area contributed by atoms with Crippen LogP contribution in [-0.2, 0) is 9.59 Å². The van der Waals surface area contributed by atoms with Gasteiger partial charge in [-0.3, -0.25) is 4.79 Å². The van der Waals surface area contributed by atoms with Crippen molar-refractivity contribution in [1.29, 1.82) is 0 Å². The number of hydrogen-bond donors (Lipinski definition) is 5. The Morgan fingerprint density at radius 1 is 1.10 bits per heavy atom. The molecule has 0 saturated heterocycles. The fourth-order valence-corrected chi connectivity index (χ4v) is 1.28. The van der Waals surface area contributed by atoms with E-state index in [2.05, 4.69) is 16.0 Å². The van der Waals surface area contributed by atoms with Crippen molar-refractivity contribution < 1.29 is 24.6 Å². The molecule has 116 valence electrons. The van der Waals surface area contributed by atoms with Gasteiger partial charge in [0.25, 0.3) is 0 Å². The molecule has 0 aliphatic carbocycles. The number of aliphatic hydroxyl groups excluding tert-OH is 1. The van der Waals surface area contributed by atoms with Crippen LogP contribution in [0.3, 0.4) is 0 Å². The minimum atomic E-state index is -1.49. The lowest BCUT2D eigenvalue weighted by molar-refractivity contribution is -0.146. The van der Waals surface area contributed by atoms with E-state index in [1.54, 1.807) is 0 Å². The van der Waals surface area contributed by atoms with Gasteiger partial charge in [-0.05, 0) is 20.8 Å². The van der Waals surface area contributed by atoms with E-state index in [1.165, 1.54) is 0 Å². The minimum absolute atomic E-state index is 0.0352. The lowest BCUT2D eigenvalue weighted by Gasteiger charge is -2.20. The van der Waals surface area contributed by atoms with Crippen LogP contribution in [0, 0.1) is 0 Å². The maximum atomic E-state index is 11.4. The summed E-state index contributed by atoms with van der Waals surface area (Å²) in [5.41, 5.74) is -0.313. The zero-order chi connectivity index (χ0) is 15.8. The van der Waals surface area contributed by atoms with Gasteiger partial charge in [0.15, 0.2) is 6.10 Å². The quantitative estimate of drug-likeness (QED) is 0.428. The summed E-state index contributed by atoms with van der Waals surface area (Å²) in [6, 6.07) is -0.508. The molecule has 0 aromatic heterocycles. The number of aliphatic hydroxyl groups is 1. The lowest BCUT2D eigenvalue weighted by atomic mass is 10.1. The number of carbonyl (C=O) groups is 3. The maximum absolute atomic E-state index is 11.4. The first-order valence-electron chi connectivity index (χ1n) is 6.35. The fourth-order valence-electron chi connectivity index (χ4n) is 1.28. The van der Waals surface area contributed by atoms with Gasteiger partial charge in [0.2, 0.25) is 5.91 Å². The Morgan fingerprint density at radius 3 is 2.15 bits per heavy atom. The van der Waals surface area contributed by atoms with E-state index in [9.17, 15) is 14.4 Å². The third-order valence-corrected chi connectivity index (χ3v) is 2.14. The van der Waals surface area contributed by atoms with Gasteiger partial charge < -0.3 is 26.2 Å². The molecule has 0 saturated carbocycles. The van der Waals surface area contributed by atoms with Crippen molar-refractivity contribution in [2.75, 3.05) is 13.1 Å². The number of aliphatic carboxylic acids is 1. The first-order valence-corrected chi connectivity index (χ1v) is 6.35. The number of hydrogen-bond acceptors (Lipinski definition) is 4. The van der Waals surface area contributed by atoms with Crippen LogP contribution in [0.4, 0.5) is 4.79 Å². The summed E-state index contributed by atoms with van der Waals surface area (Å²) >= 11 is 0. The molecule has 0 radical (unpaired) electrons. The Kier molecular flexibility index (Phi) is 7.60. The summed E-state index contributed by atoms with van der Waals surface area (Å²) < 4.78 is 0. The van der Waals surface area contributed by atoms with Gasteiger partial charge in [0, 0.05) is 31.5 Å². The Morgan fingerprint density at radius 2 is 1.65 bits per heavy atom. The van der Waals surface area contributed by atoms with Crippen LogP contribution < -0.4 is 16.0 Å². The molecule has 0 fully saturated rings. The zero-order valence-electron chi connectivity index (χ0n) is 12.0. The van der Waals surface area contributed by atoms with E-state index in [-0.39, 0.29) is 37.4 Å². The molecule has 8 heteroatoms. The molecule has 0 aliphatic heterocycles. The second kappa shape index (κ2) is 8.36. The van der Waals surface area contributed by atoms with Crippen molar-refractivity contribution >= 4 is 17.9 Å². The van der Waals surface area contributed by atoms with Gasteiger partial charge >= 0.3 is 12.0 Å². The predicted molar refractivity (Wildman–Crippen MR) is 72.2 cm³/mol. The predicted octanol–water partition coefficient (Wildman–Crippen LogP) is -0.574. The Hall–Kier alpha value is -1.83. The summed E-state index contributed by atoms with van der Waals surface area (Å²) in [6.07, 6.45) is -1.41. The number of nitrogens with one attached hydrogen (secondary N) is 3. The number of carboxylic acid groups (broad SMARTS) is 1. The summed E-state index contributed by atoms with van der Waals surface area (Å²) in [5.74, 6) is -1.50. The molecule has 0 heterocycles. The molecule has 0 spiro atoms. The van der Waals surface area contributed by atoms with Crippen molar-refractivity contribution in [1.82, 2.24) is 16.0 Å². The first-order chi connectivity index (χ1) is 9.11. The fraction of sp³-hybridized carbons (Fsp3) is 0.750. The van der Waals surface area contributed by atoms with Crippen LogP contribution in [-0.4, -0.2) is 52.9 Å². The highest BCUT2D eigenvalue weighted by Crippen LogP contribution is 1.98. The molecular formula is C12H23N3O5. The molecule has 0 unspecified atom stereocenters. The molecule has 0 aromatic carbocycles. The second-order valence-electron chi connectivity index (χ2n) is 5.37. The van der Waals surface area contributed by atoms with Crippen LogP contribution in [0.1, 0.15) is 33.6 Å². The van der Waals surface area contributed by atoms with Crippen molar-refractivity contribution in [2.24, 2.45) is 0 Å². The normalized spacial score (nSPS) is 12.4. The Labute approximate surface area is 117 Å². The highest BCUT2D eigenvalue weighted by atomic mass is 16.4. The molecule has 0 aliphatic rings. The van der Waals surface area contributed by atoms with E-state index in [4.69, 9.17) is 10.2 Å². The van der Waals surface area contributed by atoms with Crippen LogP contribution in [0.15, 0.2) is 0 Å². The molecule has 0 bridgehead atoms. The second-order valence-corrected chi connectivity index (χ2v) is 5.37. The Bertz CT molecular complexity index is 351. The average Bonchev–Trinajstić information content (AvgIpc) is 2.26. The van der Waals surface area contributed by atoms with Gasteiger partial charge in [-0.1, -0.05) is 0 Å². The van der Waals surface area contributed by atoms with Gasteiger partial charge in [-0.15, -0.1) is 0 Å². The minimum Gasteiger partial charge on any atom is -0.479 e. The van der Waals surface area contributed by atoms with E-state index in [1.807, 2.05) is 20.8 Å². The number of urea groups is 1. The van der Waals surface area contributed by atoms with Crippen LogP contribution in [0.5, 0.6) is 0 Å². The summed E-state index contributed by atoms with van der Waals surface area (Å²) in [5, 5.41) is 25.0. The zero-order valence-corrected chi connectivity index (χ0v) is 12.0. The molecule has 1 atom stereocenters. The number of amides is 3. The molecule has 3 amide bonds. The summed E-state index contributed by atoms with van der Waals surface area (Å²) in [6.45, 7) is 5.79. The maximum Gasteiger partial charge on any atom is 0.332 e. The molecule has 5 N–H and O–H groups in total. The molecule has 20 heavy (non-hydrogen) atoms. The van der Waals surface area contributed by atoms with Gasteiger partial charge in [-0.25, -0.2) is 9.59 Å².